The second-order valence-corrected chi connectivity index (χ2v) is 7.58. The summed E-state index contributed by atoms with van der Waals surface area (Å²) in [5.74, 6) is 1.93. The number of carbonyl (C=O) groups is 3. The fourth-order valence-corrected chi connectivity index (χ4v) is 4.49. The van der Waals surface area contributed by atoms with Gasteiger partial charge < -0.3 is 5.84 Å². The fourth-order valence-electron chi connectivity index (χ4n) is 3.42. The topological polar surface area (TPSA) is 106 Å². The number of imide groups is 1. The first kappa shape index (κ1) is 18.0. The normalized spacial score (nSPS) is 19.1. The van der Waals surface area contributed by atoms with Crippen LogP contribution in [0, 0.1) is 13.8 Å². The molecule has 1 aliphatic heterocycles. The van der Waals surface area contributed by atoms with Crippen molar-refractivity contribution >= 4 is 50.6 Å². The van der Waals surface area contributed by atoms with Crippen LogP contribution in [0.15, 0.2) is 47.6 Å². The molecule has 1 aromatic heterocycles. The van der Waals surface area contributed by atoms with Gasteiger partial charge in [-0.2, -0.15) is 5.10 Å². The molecule has 0 radical (unpaired) electrons. The average molecular weight is 392 g/mol. The van der Waals surface area contributed by atoms with Crippen molar-refractivity contribution in [3.8, 4) is 0 Å². The molecule has 1 saturated heterocycles. The number of amides is 2. The summed E-state index contributed by atoms with van der Waals surface area (Å²) in [6.07, 6.45) is 0. The number of nitrogens with two attached hydrogens (primary N) is 1. The summed E-state index contributed by atoms with van der Waals surface area (Å²) >= 11 is 1.24. The molecule has 1 atom stereocenters. The van der Waals surface area contributed by atoms with Crippen LogP contribution in [0.1, 0.15) is 22.1 Å². The number of hydrogen-bond acceptors (Lipinski definition) is 7. The predicted octanol–water partition coefficient (Wildman–Crippen LogP) is 2.45. The summed E-state index contributed by atoms with van der Waals surface area (Å²) in [5, 5.41) is 3.93. The molecule has 0 saturated carbocycles. The Hall–Kier alpha value is -3.39. The molecule has 0 spiro atoms. The van der Waals surface area contributed by atoms with E-state index in [0.717, 1.165) is 9.60 Å². The third-order valence-corrected chi connectivity index (χ3v) is 5.83. The zero-order chi connectivity index (χ0) is 20.0. The second kappa shape index (κ2) is 6.65. The summed E-state index contributed by atoms with van der Waals surface area (Å²) in [4.78, 5) is 44.4. The SMILES string of the molecule is Cc1cccc(C)c1N1C(=O)C(=O)[C@@H](c2nc3ccccc3s2)/C(=N/N)C1=O. The summed E-state index contributed by atoms with van der Waals surface area (Å²) in [7, 11) is 0. The van der Waals surface area contributed by atoms with Crippen LogP contribution in [-0.4, -0.2) is 28.3 Å². The lowest BCUT2D eigenvalue weighted by molar-refractivity contribution is -0.139. The third kappa shape index (κ3) is 2.61. The Bertz CT molecular complexity index is 1130. The Labute approximate surface area is 164 Å². The lowest BCUT2D eigenvalue weighted by atomic mass is 9.91. The van der Waals surface area contributed by atoms with Gasteiger partial charge in [0, 0.05) is 0 Å². The Kier molecular flexibility index (Phi) is 4.27. The number of aryl methyl sites for hydroxylation is 2. The van der Waals surface area contributed by atoms with E-state index in [-0.39, 0.29) is 5.71 Å². The van der Waals surface area contributed by atoms with Gasteiger partial charge in [0.05, 0.1) is 15.9 Å². The van der Waals surface area contributed by atoms with E-state index in [1.54, 1.807) is 32.0 Å². The summed E-state index contributed by atoms with van der Waals surface area (Å²) < 4.78 is 0.846. The van der Waals surface area contributed by atoms with E-state index in [9.17, 15) is 14.4 Å². The van der Waals surface area contributed by atoms with E-state index in [1.807, 2.05) is 24.3 Å². The number of hydrogen-bond donors (Lipinski definition) is 1. The van der Waals surface area contributed by atoms with E-state index >= 15 is 0 Å². The first-order chi connectivity index (χ1) is 13.4. The summed E-state index contributed by atoms with van der Waals surface area (Å²) in [6, 6.07) is 12.7. The first-order valence-corrected chi connectivity index (χ1v) is 9.37. The second-order valence-electron chi connectivity index (χ2n) is 6.52. The van der Waals surface area contributed by atoms with Gasteiger partial charge >= 0.3 is 5.91 Å². The number of piperidine rings is 1. The van der Waals surface area contributed by atoms with Crippen molar-refractivity contribution in [1.29, 1.82) is 0 Å². The zero-order valence-corrected chi connectivity index (χ0v) is 16.0. The Morgan fingerprint density at radius 2 is 1.68 bits per heavy atom. The fraction of sp³-hybridized carbons (Fsp3) is 0.150. The van der Waals surface area contributed by atoms with Crippen molar-refractivity contribution in [2.45, 2.75) is 19.8 Å². The maximum absolute atomic E-state index is 13.1. The number of nitrogens with zero attached hydrogens (tertiary/aromatic N) is 3. The van der Waals surface area contributed by atoms with E-state index < -0.39 is 23.5 Å². The van der Waals surface area contributed by atoms with Crippen LogP contribution < -0.4 is 10.7 Å². The molecule has 0 aliphatic carbocycles. The Morgan fingerprint density at radius 1 is 1.00 bits per heavy atom. The van der Waals surface area contributed by atoms with Gasteiger partial charge in [-0.05, 0) is 37.1 Å². The van der Waals surface area contributed by atoms with E-state index in [1.165, 1.54) is 11.3 Å². The third-order valence-electron chi connectivity index (χ3n) is 4.73. The monoisotopic (exact) mass is 392 g/mol. The number of carbonyl (C=O) groups excluding carboxylic acids is 3. The van der Waals surface area contributed by atoms with Crippen LogP contribution in [0.3, 0.4) is 0 Å². The standard InChI is InChI=1S/C20H16N4O3S/c1-10-6-5-7-11(2)16(10)24-19(26)15(23-21)14(17(25)20(24)27)18-22-12-8-3-4-9-13(12)28-18/h3-9,14H,21H2,1-2H3/b23-15-/t14-/m0/s1. The number of hydrazone groups is 1. The van der Waals surface area contributed by atoms with Crippen molar-refractivity contribution in [1.82, 2.24) is 4.98 Å². The van der Waals surface area contributed by atoms with Crippen LogP contribution in [0.5, 0.6) is 0 Å². The van der Waals surface area contributed by atoms with Crippen LogP contribution >= 0.6 is 11.3 Å². The molecule has 4 rings (SSSR count). The van der Waals surface area contributed by atoms with Crippen molar-refractivity contribution in [3.63, 3.8) is 0 Å². The van der Waals surface area contributed by atoms with Crippen molar-refractivity contribution in [2.75, 3.05) is 4.90 Å². The van der Waals surface area contributed by atoms with Crippen molar-refractivity contribution in [2.24, 2.45) is 10.9 Å². The molecule has 0 unspecified atom stereocenters. The summed E-state index contributed by atoms with van der Waals surface area (Å²) in [6.45, 7) is 3.54. The minimum atomic E-state index is -1.19. The Morgan fingerprint density at radius 3 is 2.32 bits per heavy atom. The van der Waals surface area contributed by atoms with Gasteiger partial charge in [-0.25, -0.2) is 9.88 Å². The molecule has 2 amide bonds. The number of thiazole rings is 1. The molecule has 1 fully saturated rings. The highest BCUT2D eigenvalue weighted by molar-refractivity contribution is 7.19. The first-order valence-electron chi connectivity index (χ1n) is 8.56. The summed E-state index contributed by atoms with van der Waals surface area (Å²) in [5.41, 5.74) is 2.28. The molecule has 3 aromatic rings. The van der Waals surface area contributed by atoms with Crippen molar-refractivity contribution in [3.05, 3.63) is 58.6 Å². The average Bonchev–Trinajstić information content (AvgIpc) is 3.10. The van der Waals surface area contributed by atoms with Gasteiger partial charge in [-0.3, -0.25) is 14.4 Å². The molecule has 0 bridgehead atoms. The molecule has 2 heterocycles. The highest BCUT2D eigenvalue weighted by Gasteiger charge is 2.48. The van der Waals surface area contributed by atoms with Crippen LogP contribution in [-0.2, 0) is 14.4 Å². The molecule has 1 aliphatic rings. The quantitative estimate of drug-likeness (QED) is 0.312. The number of benzene rings is 2. The van der Waals surface area contributed by atoms with Crippen LogP contribution in [0.4, 0.5) is 5.69 Å². The molecule has 2 N–H and O–H groups in total. The largest absolute Gasteiger partial charge is 0.323 e. The molecule has 7 nitrogen and oxygen atoms in total. The minimum Gasteiger partial charge on any atom is -0.323 e. The number of fused-ring (bicyclic) bond motifs is 1. The van der Waals surface area contributed by atoms with E-state index in [4.69, 9.17) is 5.84 Å². The van der Waals surface area contributed by atoms with Gasteiger partial charge in [-0.1, -0.05) is 30.3 Å². The maximum atomic E-state index is 13.1. The van der Waals surface area contributed by atoms with Crippen LogP contribution in [0.25, 0.3) is 10.2 Å². The predicted molar refractivity (Wildman–Crippen MR) is 107 cm³/mol. The zero-order valence-electron chi connectivity index (χ0n) is 15.2. The van der Waals surface area contributed by atoms with Gasteiger partial charge in [0.2, 0.25) is 5.78 Å². The minimum absolute atomic E-state index is 0.189. The van der Waals surface area contributed by atoms with Gasteiger partial charge in [0.15, 0.2) is 0 Å². The number of aromatic nitrogens is 1. The molecule has 140 valence electrons. The van der Waals surface area contributed by atoms with Crippen molar-refractivity contribution < 1.29 is 14.4 Å². The van der Waals surface area contributed by atoms with Gasteiger partial charge in [0.25, 0.3) is 5.91 Å². The lowest BCUT2D eigenvalue weighted by Gasteiger charge is -2.30. The number of ketones is 1. The van der Waals surface area contributed by atoms with E-state index in [0.29, 0.717) is 27.3 Å². The molecule has 8 heteroatoms. The molecule has 2 aromatic carbocycles. The molecule has 28 heavy (non-hydrogen) atoms. The maximum Gasteiger partial charge on any atom is 0.302 e. The number of Topliss-reactive ketones (excluding diaryl/α,β-unsaturated/α-hetero) is 1. The smallest absolute Gasteiger partial charge is 0.302 e. The lowest BCUT2D eigenvalue weighted by Crippen LogP contribution is -2.55. The molecular formula is C20H16N4O3S. The molecular weight excluding hydrogens is 376 g/mol. The highest BCUT2D eigenvalue weighted by atomic mass is 32.1. The number of rotatable bonds is 2. The van der Waals surface area contributed by atoms with Gasteiger partial charge in [0.1, 0.15) is 16.6 Å². The number of anilines is 1. The van der Waals surface area contributed by atoms with Crippen LogP contribution in [0.2, 0.25) is 0 Å². The van der Waals surface area contributed by atoms with E-state index in [2.05, 4.69) is 10.1 Å². The van der Waals surface area contributed by atoms with Gasteiger partial charge in [-0.15, -0.1) is 11.3 Å². The Balaban J connectivity index is 1.85. The highest BCUT2D eigenvalue weighted by Crippen LogP contribution is 2.35. The number of para-hydroxylation sites is 2.